The normalized spacial score (nSPS) is 10.4. The van der Waals surface area contributed by atoms with Crippen LogP contribution in [0.3, 0.4) is 0 Å². The molecule has 1 aromatic heterocycles. The summed E-state index contributed by atoms with van der Waals surface area (Å²) in [6, 6.07) is 1.65. The predicted octanol–water partition coefficient (Wildman–Crippen LogP) is -3.83. The van der Waals surface area contributed by atoms with Crippen molar-refractivity contribution in [2.75, 3.05) is 0 Å². The molecule has 1 aromatic rings. The Morgan fingerprint density at radius 3 is 3.00 bits per heavy atom. The topological polar surface area (TPSA) is 165 Å². The maximum atomic E-state index is 8.34. The number of hydrazine groups is 1. The summed E-state index contributed by atoms with van der Waals surface area (Å²) in [5.41, 5.74) is 4.23. The zero-order valence-electron chi connectivity index (χ0n) is 6.75. The van der Waals surface area contributed by atoms with Crippen LogP contribution in [-0.4, -0.2) is 26.3 Å². The number of nitrogens with zero attached hydrogens (tertiary/aromatic N) is 6. The number of nitrogens with one attached hydrogen (secondary N) is 2. The van der Waals surface area contributed by atoms with Gasteiger partial charge in [0.25, 0.3) is 11.8 Å². The molecule has 0 radical (unpaired) electrons. The van der Waals surface area contributed by atoms with E-state index in [4.69, 9.17) is 16.9 Å². The van der Waals surface area contributed by atoms with Gasteiger partial charge in [-0.05, 0) is 5.21 Å². The standard InChI is InChI=1S/C3H6N10O/c4-1-2-9-12-13(10-2)14-11-3(7-5)8-6/h5-6H2,(H2,7,8,11). The number of nitrogens with two attached hydrogens (primary N) is 2. The van der Waals surface area contributed by atoms with E-state index in [0.29, 0.717) is 4.96 Å². The van der Waals surface area contributed by atoms with E-state index < -0.39 is 0 Å². The second-order valence-corrected chi connectivity index (χ2v) is 1.79. The quantitative estimate of drug-likeness (QED) is 0.161. The number of hydroxylamine groups is 1. The highest BCUT2D eigenvalue weighted by molar-refractivity contribution is 5.77. The van der Waals surface area contributed by atoms with Crippen LogP contribution >= 0.6 is 0 Å². The second-order valence-electron chi connectivity index (χ2n) is 1.79. The van der Waals surface area contributed by atoms with Crippen LogP contribution in [0.2, 0.25) is 0 Å². The third kappa shape index (κ3) is 2.19. The first-order chi connectivity index (χ1) is 6.80. The van der Waals surface area contributed by atoms with Gasteiger partial charge in [0.15, 0.2) is 0 Å². The Morgan fingerprint density at radius 1 is 1.71 bits per heavy atom. The van der Waals surface area contributed by atoms with E-state index in [1.807, 2.05) is 0 Å². The summed E-state index contributed by atoms with van der Waals surface area (Å²) in [4.78, 5) is 5.26. The van der Waals surface area contributed by atoms with Gasteiger partial charge in [0.2, 0.25) is 0 Å². The van der Waals surface area contributed by atoms with E-state index in [9.17, 15) is 0 Å². The van der Waals surface area contributed by atoms with Crippen molar-refractivity contribution < 1.29 is 4.94 Å². The van der Waals surface area contributed by atoms with Crippen molar-refractivity contribution in [2.24, 2.45) is 16.8 Å². The fraction of sp³-hybridized carbons (Fsp3) is 0. The molecule has 6 N–H and O–H groups in total. The summed E-state index contributed by atoms with van der Waals surface area (Å²) in [6.07, 6.45) is 0. The van der Waals surface area contributed by atoms with Crippen LogP contribution in [0.4, 0.5) is 0 Å². The molecule has 0 saturated carbocycles. The molecule has 0 spiro atoms. The van der Waals surface area contributed by atoms with Crippen molar-refractivity contribution >= 4 is 5.96 Å². The number of hydrazone groups is 1. The summed E-state index contributed by atoms with van der Waals surface area (Å²) in [6.45, 7) is 0. The molecule has 14 heavy (non-hydrogen) atoms. The smallest absolute Gasteiger partial charge is 0.277 e. The molecule has 11 nitrogen and oxygen atoms in total. The van der Waals surface area contributed by atoms with Crippen LogP contribution in [0.15, 0.2) is 5.10 Å². The number of hydrogen-bond acceptors (Lipinski definition) is 8. The van der Waals surface area contributed by atoms with Gasteiger partial charge in [-0.1, -0.05) is 10.2 Å². The van der Waals surface area contributed by atoms with E-state index in [1.165, 1.54) is 0 Å². The maximum Gasteiger partial charge on any atom is 0.277 e. The lowest BCUT2D eigenvalue weighted by Crippen LogP contribution is -2.46. The van der Waals surface area contributed by atoms with Gasteiger partial charge in [0, 0.05) is 4.96 Å². The Hall–Kier alpha value is -2.61. The number of rotatable bonds is 2. The summed E-state index contributed by atoms with van der Waals surface area (Å²) >= 11 is 0. The molecule has 0 aromatic carbocycles. The van der Waals surface area contributed by atoms with E-state index in [0.717, 1.165) is 0 Å². The third-order valence-corrected chi connectivity index (χ3v) is 0.986. The average Bonchev–Trinajstić information content (AvgIpc) is 2.67. The van der Waals surface area contributed by atoms with Gasteiger partial charge in [0.05, 0.1) is 0 Å². The number of guanidine groups is 1. The minimum absolute atomic E-state index is 0.0548. The van der Waals surface area contributed by atoms with Crippen molar-refractivity contribution in [3.8, 4) is 6.07 Å². The molecule has 0 unspecified atom stereocenters. The molecule has 11 heteroatoms. The number of nitriles is 1. The molecule has 74 valence electrons. The first-order valence-electron chi connectivity index (χ1n) is 3.18. The average molecular weight is 198 g/mol. The molecule has 1 heterocycles. The first kappa shape index (κ1) is 9.48. The fourth-order valence-electron chi connectivity index (χ4n) is 0.462. The number of hydrogen-bond donors (Lipinski definition) is 4. The maximum absolute atomic E-state index is 8.34. The molecule has 0 bridgehead atoms. The van der Waals surface area contributed by atoms with Gasteiger partial charge < -0.3 is 5.84 Å². The lowest BCUT2D eigenvalue weighted by atomic mass is 10.7. The Kier molecular flexibility index (Phi) is 3.00. The van der Waals surface area contributed by atoms with E-state index in [1.54, 1.807) is 6.07 Å². The van der Waals surface area contributed by atoms with Crippen molar-refractivity contribution in [3.63, 3.8) is 0 Å². The summed E-state index contributed by atoms with van der Waals surface area (Å²) in [5, 5.41) is 21.6. The van der Waals surface area contributed by atoms with Crippen molar-refractivity contribution in [1.82, 2.24) is 31.3 Å². The van der Waals surface area contributed by atoms with Crippen molar-refractivity contribution in [1.29, 1.82) is 5.26 Å². The highest BCUT2D eigenvalue weighted by Crippen LogP contribution is 1.77. The van der Waals surface area contributed by atoms with Crippen LogP contribution in [0.25, 0.3) is 0 Å². The van der Waals surface area contributed by atoms with Gasteiger partial charge in [-0.25, -0.2) is 10.8 Å². The summed E-state index contributed by atoms with van der Waals surface area (Å²) in [5.74, 6) is 9.63. The van der Waals surface area contributed by atoms with Crippen molar-refractivity contribution in [3.05, 3.63) is 5.82 Å². The zero-order chi connectivity index (χ0) is 10.4. The summed E-state index contributed by atoms with van der Waals surface area (Å²) < 4.78 is 0. The molecule has 0 atom stereocenters. The number of tetrazole rings is 1. The Bertz CT molecular complexity index is 360. The Morgan fingerprint density at radius 2 is 2.50 bits per heavy atom. The molecule has 0 aliphatic carbocycles. The van der Waals surface area contributed by atoms with Gasteiger partial charge in [-0.3, -0.25) is 5.43 Å². The fourth-order valence-corrected chi connectivity index (χ4v) is 0.462. The first-order valence-corrected chi connectivity index (χ1v) is 3.18. The molecule has 0 aliphatic rings. The van der Waals surface area contributed by atoms with Crippen LogP contribution in [0, 0.1) is 11.3 Å². The summed E-state index contributed by atoms with van der Waals surface area (Å²) in [7, 11) is 0. The Balaban J connectivity index is 2.50. The molecule has 0 amide bonds. The van der Waals surface area contributed by atoms with Crippen LogP contribution in [0.5, 0.6) is 0 Å². The molecular formula is C3H6N10O. The van der Waals surface area contributed by atoms with Crippen LogP contribution in [0.1, 0.15) is 5.82 Å². The molecular weight excluding hydrogens is 192 g/mol. The SMILES string of the molecule is N#Cc1nnn(ONC(=NN)NN)n1. The molecule has 1 rings (SSSR count). The Labute approximate surface area is 77.2 Å². The van der Waals surface area contributed by atoms with E-state index in [2.05, 4.69) is 36.4 Å². The van der Waals surface area contributed by atoms with E-state index in [-0.39, 0.29) is 11.8 Å². The minimum atomic E-state index is -0.140. The van der Waals surface area contributed by atoms with Gasteiger partial charge in [-0.2, -0.15) is 10.7 Å². The molecule has 0 fully saturated rings. The van der Waals surface area contributed by atoms with Gasteiger partial charge in [0.1, 0.15) is 6.07 Å². The largest absolute Gasteiger partial charge is 0.320 e. The highest BCUT2D eigenvalue weighted by Gasteiger charge is 2.02. The van der Waals surface area contributed by atoms with Gasteiger partial charge >= 0.3 is 0 Å². The lowest BCUT2D eigenvalue weighted by molar-refractivity contribution is 0.00833. The predicted molar refractivity (Wildman–Crippen MR) is 41.2 cm³/mol. The van der Waals surface area contributed by atoms with Crippen LogP contribution < -0.4 is 27.5 Å². The molecule has 0 saturated heterocycles. The van der Waals surface area contributed by atoms with Crippen molar-refractivity contribution in [2.45, 2.75) is 0 Å². The monoisotopic (exact) mass is 198 g/mol. The third-order valence-electron chi connectivity index (χ3n) is 0.986. The van der Waals surface area contributed by atoms with E-state index >= 15 is 0 Å². The highest BCUT2D eigenvalue weighted by atomic mass is 16.8. The number of aromatic nitrogens is 4. The van der Waals surface area contributed by atoms with Gasteiger partial charge in [-0.15, -0.1) is 5.10 Å². The van der Waals surface area contributed by atoms with Crippen LogP contribution in [-0.2, 0) is 0 Å². The second kappa shape index (κ2) is 4.42. The lowest BCUT2D eigenvalue weighted by Gasteiger charge is -2.04. The molecule has 0 aliphatic heterocycles. The minimum Gasteiger partial charge on any atom is -0.320 e. The zero-order valence-corrected chi connectivity index (χ0v) is 6.75.